The summed E-state index contributed by atoms with van der Waals surface area (Å²) in [6.45, 7) is 0. The summed E-state index contributed by atoms with van der Waals surface area (Å²) in [5.41, 5.74) is 3.03. The van der Waals surface area contributed by atoms with Crippen LogP contribution in [0.25, 0.3) is 5.70 Å². The van der Waals surface area contributed by atoms with Gasteiger partial charge in [0.1, 0.15) is 11.8 Å². The SMILES string of the molecule is COc1ccc(C2=C[C@H](c3ccc(Cl)cc3)n3nnnc3N2)cc1. The number of ether oxygens (including phenoxy) is 1. The maximum absolute atomic E-state index is 6.00. The third kappa shape index (κ3) is 2.61. The van der Waals surface area contributed by atoms with Gasteiger partial charge in [0, 0.05) is 10.7 Å². The van der Waals surface area contributed by atoms with Crippen LogP contribution in [-0.2, 0) is 0 Å². The van der Waals surface area contributed by atoms with Crippen molar-refractivity contribution in [1.29, 1.82) is 0 Å². The number of hydrogen-bond donors (Lipinski definition) is 1. The third-order valence-electron chi connectivity index (χ3n) is 3.94. The van der Waals surface area contributed by atoms with E-state index in [1.807, 2.05) is 48.5 Å². The molecule has 120 valence electrons. The van der Waals surface area contributed by atoms with Crippen molar-refractivity contribution in [2.24, 2.45) is 0 Å². The van der Waals surface area contributed by atoms with Crippen LogP contribution in [0.3, 0.4) is 0 Å². The minimum absolute atomic E-state index is 0.106. The number of nitrogens with one attached hydrogen (secondary N) is 1. The van der Waals surface area contributed by atoms with Crippen LogP contribution in [0.15, 0.2) is 54.6 Å². The number of methoxy groups -OCH3 is 1. The van der Waals surface area contributed by atoms with E-state index in [4.69, 9.17) is 16.3 Å². The highest BCUT2D eigenvalue weighted by molar-refractivity contribution is 6.30. The first-order chi connectivity index (χ1) is 11.7. The zero-order chi connectivity index (χ0) is 16.5. The maximum atomic E-state index is 6.00. The molecule has 0 aliphatic carbocycles. The number of hydrogen-bond acceptors (Lipinski definition) is 5. The van der Waals surface area contributed by atoms with Gasteiger partial charge in [-0.1, -0.05) is 28.8 Å². The van der Waals surface area contributed by atoms with Gasteiger partial charge in [-0.25, -0.2) is 0 Å². The number of tetrazole rings is 1. The van der Waals surface area contributed by atoms with Crippen molar-refractivity contribution in [3.05, 3.63) is 70.8 Å². The van der Waals surface area contributed by atoms with E-state index in [9.17, 15) is 0 Å². The Labute approximate surface area is 143 Å². The van der Waals surface area contributed by atoms with Gasteiger partial charge in [-0.2, -0.15) is 4.68 Å². The Bertz CT molecular complexity index is 886. The summed E-state index contributed by atoms with van der Waals surface area (Å²) in [6.07, 6.45) is 2.09. The van der Waals surface area contributed by atoms with E-state index in [0.717, 1.165) is 22.6 Å². The van der Waals surface area contributed by atoms with E-state index in [-0.39, 0.29) is 6.04 Å². The fourth-order valence-corrected chi connectivity index (χ4v) is 2.82. The normalized spacial score (nSPS) is 16.1. The predicted octanol–water partition coefficient (Wildman–Crippen LogP) is 3.39. The molecule has 4 rings (SSSR count). The number of anilines is 1. The highest BCUT2D eigenvalue weighted by Gasteiger charge is 2.24. The summed E-state index contributed by atoms with van der Waals surface area (Å²) >= 11 is 6.00. The van der Waals surface area contributed by atoms with Crippen LogP contribution in [0.4, 0.5) is 5.95 Å². The average Bonchev–Trinajstić information content (AvgIpc) is 3.10. The van der Waals surface area contributed by atoms with Gasteiger partial charge in [-0.05, 0) is 64.0 Å². The van der Waals surface area contributed by atoms with E-state index >= 15 is 0 Å². The van der Waals surface area contributed by atoms with Crippen molar-refractivity contribution in [2.45, 2.75) is 6.04 Å². The topological polar surface area (TPSA) is 64.9 Å². The minimum Gasteiger partial charge on any atom is -0.497 e. The second-order valence-corrected chi connectivity index (χ2v) is 5.81. The highest BCUT2D eigenvalue weighted by Crippen LogP contribution is 2.32. The predicted molar refractivity (Wildman–Crippen MR) is 92.0 cm³/mol. The molecule has 1 atom stereocenters. The van der Waals surface area contributed by atoms with Crippen LogP contribution in [0.1, 0.15) is 17.2 Å². The fourth-order valence-electron chi connectivity index (χ4n) is 2.69. The molecule has 7 heteroatoms. The molecule has 0 spiro atoms. The summed E-state index contributed by atoms with van der Waals surface area (Å²) in [4.78, 5) is 0. The van der Waals surface area contributed by atoms with Gasteiger partial charge in [0.05, 0.1) is 7.11 Å². The van der Waals surface area contributed by atoms with Gasteiger partial charge in [0.15, 0.2) is 0 Å². The molecule has 0 saturated heterocycles. The van der Waals surface area contributed by atoms with Gasteiger partial charge in [0.2, 0.25) is 5.95 Å². The molecule has 1 aliphatic heterocycles. The fraction of sp³-hybridized carbons (Fsp3) is 0.118. The van der Waals surface area contributed by atoms with Crippen molar-refractivity contribution >= 4 is 23.2 Å². The van der Waals surface area contributed by atoms with Crippen molar-refractivity contribution in [3.63, 3.8) is 0 Å². The first-order valence-corrected chi connectivity index (χ1v) is 7.79. The summed E-state index contributed by atoms with van der Waals surface area (Å²) in [5, 5.41) is 15.9. The molecule has 1 N–H and O–H groups in total. The van der Waals surface area contributed by atoms with Crippen LogP contribution >= 0.6 is 11.6 Å². The van der Waals surface area contributed by atoms with Crippen molar-refractivity contribution < 1.29 is 4.74 Å². The van der Waals surface area contributed by atoms with E-state index in [0.29, 0.717) is 11.0 Å². The largest absolute Gasteiger partial charge is 0.497 e. The van der Waals surface area contributed by atoms with Gasteiger partial charge in [0.25, 0.3) is 0 Å². The first-order valence-electron chi connectivity index (χ1n) is 7.41. The minimum atomic E-state index is -0.106. The highest BCUT2D eigenvalue weighted by atomic mass is 35.5. The second kappa shape index (κ2) is 5.98. The molecular weight excluding hydrogens is 326 g/mol. The Morgan fingerprint density at radius 1 is 1.08 bits per heavy atom. The number of allylic oxidation sites excluding steroid dienone is 1. The summed E-state index contributed by atoms with van der Waals surface area (Å²) < 4.78 is 6.96. The third-order valence-corrected chi connectivity index (χ3v) is 4.19. The van der Waals surface area contributed by atoms with Gasteiger partial charge in [-0.3, -0.25) is 0 Å². The van der Waals surface area contributed by atoms with Crippen LogP contribution < -0.4 is 10.1 Å². The molecule has 1 aromatic heterocycles. The van der Waals surface area contributed by atoms with Crippen LogP contribution in [-0.4, -0.2) is 27.3 Å². The van der Waals surface area contributed by atoms with E-state index in [2.05, 4.69) is 26.9 Å². The Morgan fingerprint density at radius 2 is 1.83 bits per heavy atom. The lowest BCUT2D eigenvalue weighted by Gasteiger charge is -2.23. The van der Waals surface area contributed by atoms with E-state index < -0.39 is 0 Å². The smallest absolute Gasteiger partial charge is 0.248 e. The van der Waals surface area contributed by atoms with Gasteiger partial charge >= 0.3 is 0 Å². The molecule has 0 fully saturated rings. The second-order valence-electron chi connectivity index (χ2n) is 5.38. The Hall–Kier alpha value is -2.86. The van der Waals surface area contributed by atoms with Crippen molar-refractivity contribution in [3.8, 4) is 5.75 Å². The van der Waals surface area contributed by atoms with Crippen LogP contribution in [0.2, 0.25) is 5.02 Å². The maximum Gasteiger partial charge on any atom is 0.248 e. The number of nitrogens with zero attached hydrogens (tertiary/aromatic N) is 4. The standard InChI is InChI=1S/C17H14ClN5O/c1-24-14-8-4-11(5-9-14)15-10-16(12-2-6-13(18)7-3-12)23-17(19-15)20-21-22-23/h2-10,16H,1H3,(H,19,20,22)/t16-/m1/s1. The number of halogens is 1. The monoisotopic (exact) mass is 339 g/mol. The van der Waals surface area contributed by atoms with Gasteiger partial charge in [-0.15, -0.1) is 0 Å². The molecule has 24 heavy (non-hydrogen) atoms. The molecule has 0 bridgehead atoms. The number of aromatic nitrogens is 4. The first kappa shape index (κ1) is 14.7. The summed E-state index contributed by atoms with van der Waals surface area (Å²) in [7, 11) is 1.65. The molecule has 2 aromatic carbocycles. The molecular formula is C17H14ClN5O. The Balaban J connectivity index is 1.76. The van der Waals surface area contributed by atoms with Gasteiger partial charge < -0.3 is 10.1 Å². The number of fused-ring (bicyclic) bond motifs is 1. The average molecular weight is 340 g/mol. The summed E-state index contributed by atoms with van der Waals surface area (Å²) in [5.74, 6) is 1.41. The summed E-state index contributed by atoms with van der Waals surface area (Å²) in [6, 6.07) is 15.4. The zero-order valence-corrected chi connectivity index (χ0v) is 13.6. The van der Waals surface area contributed by atoms with Crippen molar-refractivity contribution in [1.82, 2.24) is 20.2 Å². The molecule has 0 saturated carbocycles. The Kier molecular flexibility index (Phi) is 3.66. The molecule has 2 heterocycles. The van der Waals surface area contributed by atoms with E-state index in [1.165, 1.54) is 0 Å². The lowest BCUT2D eigenvalue weighted by molar-refractivity contribution is 0.415. The quantitative estimate of drug-likeness (QED) is 0.792. The molecule has 3 aromatic rings. The zero-order valence-electron chi connectivity index (χ0n) is 12.8. The molecule has 1 aliphatic rings. The molecule has 0 amide bonds. The number of rotatable bonds is 3. The lowest BCUT2D eigenvalue weighted by atomic mass is 10.0. The molecule has 0 radical (unpaired) electrons. The number of benzene rings is 2. The van der Waals surface area contributed by atoms with Crippen LogP contribution in [0, 0.1) is 0 Å². The van der Waals surface area contributed by atoms with E-state index in [1.54, 1.807) is 11.8 Å². The lowest BCUT2D eigenvalue weighted by Crippen LogP contribution is -2.20. The van der Waals surface area contributed by atoms with Crippen LogP contribution in [0.5, 0.6) is 5.75 Å². The molecule has 6 nitrogen and oxygen atoms in total. The molecule has 0 unspecified atom stereocenters. The van der Waals surface area contributed by atoms with Crippen molar-refractivity contribution in [2.75, 3.05) is 12.4 Å². The Morgan fingerprint density at radius 3 is 2.54 bits per heavy atom.